The monoisotopic (exact) mass is 217 g/mol. The van der Waals surface area contributed by atoms with Gasteiger partial charge in [-0.1, -0.05) is 13.8 Å². The molecule has 1 atom stereocenters. The van der Waals surface area contributed by atoms with Crippen molar-refractivity contribution in [3.05, 3.63) is 0 Å². The summed E-state index contributed by atoms with van der Waals surface area (Å²) in [6.07, 6.45) is 0. The van der Waals surface area contributed by atoms with Gasteiger partial charge >= 0.3 is 6.03 Å². The van der Waals surface area contributed by atoms with Crippen LogP contribution in [0.3, 0.4) is 0 Å². The number of nitrogens with one attached hydrogen (secondary N) is 1. The molecule has 0 aliphatic carbocycles. The number of rotatable bonds is 5. The average molecular weight is 217 g/mol. The number of hydrogen-bond donors (Lipinski definition) is 3. The lowest BCUT2D eigenvalue weighted by atomic mass is 10.0. The van der Waals surface area contributed by atoms with Crippen LogP contribution in [-0.4, -0.2) is 48.2 Å². The maximum Gasteiger partial charge on any atom is 0.312 e. The molecule has 0 fully saturated rings. The number of urea groups is 1. The zero-order valence-electron chi connectivity index (χ0n) is 9.36. The van der Waals surface area contributed by atoms with Crippen molar-refractivity contribution in [1.82, 2.24) is 10.2 Å². The fourth-order valence-electron chi connectivity index (χ4n) is 1.16. The molecule has 0 aliphatic rings. The van der Waals surface area contributed by atoms with Crippen LogP contribution >= 0.6 is 0 Å². The molecule has 15 heavy (non-hydrogen) atoms. The number of hydrogen-bond acceptors (Lipinski definition) is 3. The van der Waals surface area contributed by atoms with Crippen LogP contribution in [0.1, 0.15) is 13.8 Å². The first-order chi connectivity index (χ1) is 6.90. The summed E-state index contributed by atoms with van der Waals surface area (Å²) in [4.78, 5) is 23.8. The first-order valence-electron chi connectivity index (χ1n) is 4.82. The summed E-state index contributed by atoms with van der Waals surface area (Å²) < 4.78 is 0. The molecule has 0 aromatic carbocycles. The molecule has 3 amide bonds. The van der Waals surface area contributed by atoms with Gasteiger partial charge < -0.3 is 21.1 Å². The smallest absolute Gasteiger partial charge is 0.312 e. The molecule has 1 unspecified atom stereocenters. The number of amides is 3. The Labute approximate surface area is 89.4 Å². The van der Waals surface area contributed by atoms with E-state index in [4.69, 9.17) is 10.8 Å². The molecule has 0 rings (SSSR count). The van der Waals surface area contributed by atoms with Crippen molar-refractivity contribution in [2.45, 2.75) is 19.9 Å². The second-order valence-corrected chi connectivity index (χ2v) is 3.71. The second kappa shape index (κ2) is 6.23. The molecule has 0 heterocycles. The van der Waals surface area contributed by atoms with Gasteiger partial charge in [-0.25, -0.2) is 4.79 Å². The van der Waals surface area contributed by atoms with E-state index < -0.39 is 12.1 Å². The number of carbonyl (C=O) groups is 2. The van der Waals surface area contributed by atoms with E-state index in [1.165, 1.54) is 4.90 Å². The van der Waals surface area contributed by atoms with Crippen molar-refractivity contribution in [2.75, 3.05) is 20.2 Å². The van der Waals surface area contributed by atoms with Crippen LogP contribution in [0.5, 0.6) is 0 Å². The highest BCUT2D eigenvalue weighted by Crippen LogP contribution is 2.04. The Hall–Kier alpha value is -1.30. The van der Waals surface area contributed by atoms with E-state index in [0.717, 1.165) is 0 Å². The maximum atomic E-state index is 11.8. The first-order valence-corrected chi connectivity index (χ1v) is 4.82. The zero-order valence-corrected chi connectivity index (χ0v) is 9.36. The zero-order chi connectivity index (χ0) is 12.0. The van der Waals surface area contributed by atoms with Gasteiger partial charge in [0, 0.05) is 13.6 Å². The summed E-state index contributed by atoms with van der Waals surface area (Å²) in [5.41, 5.74) is 4.97. The van der Waals surface area contributed by atoms with Crippen LogP contribution in [0.15, 0.2) is 0 Å². The third-order valence-electron chi connectivity index (χ3n) is 2.04. The number of likely N-dealkylation sites (N-methyl/N-ethyl adjacent to an activating group) is 1. The van der Waals surface area contributed by atoms with Gasteiger partial charge in [0.05, 0.1) is 6.61 Å². The minimum atomic E-state index is -0.723. The van der Waals surface area contributed by atoms with E-state index in [-0.39, 0.29) is 25.0 Å². The minimum Gasteiger partial charge on any atom is -0.395 e. The summed E-state index contributed by atoms with van der Waals surface area (Å²) >= 11 is 0. The van der Waals surface area contributed by atoms with Crippen LogP contribution in [-0.2, 0) is 4.79 Å². The molecular formula is C9H19N3O3. The van der Waals surface area contributed by atoms with Crippen molar-refractivity contribution >= 4 is 11.9 Å². The Balaban J connectivity index is 4.47. The van der Waals surface area contributed by atoms with Crippen molar-refractivity contribution in [2.24, 2.45) is 11.7 Å². The Bertz CT molecular complexity index is 231. The number of nitrogens with zero attached hydrogens (tertiary/aromatic N) is 1. The number of primary amides is 1. The van der Waals surface area contributed by atoms with E-state index >= 15 is 0 Å². The quantitative estimate of drug-likeness (QED) is 0.558. The number of nitrogens with two attached hydrogens (primary N) is 1. The molecule has 88 valence electrons. The van der Waals surface area contributed by atoms with Gasteiger partial charge in [-0.15, -0.1) is 0 Å². The Morgan fingerprint density at radius 2 is 2.00 bits per heavy atom. The van der Waals surface area contributed by atoms with Crippen molar-refractivity contribution in [1.29, 1.82) is 0 Å². The largest absolute Gasteiger partial charge is 0.395 e. The summed E-state index contributed by atoms with van der Waals surface area (Å²) in [6, 6.07) is -1.36. The van der Waals surface area contributed by atoms with E-state index in [2.05, 4.69) is 5.32 Å². The Kier molecular flexibility index (Phi) is 5.69. The summed E-state index contributed by atoms with van der Waals surface area (Å²) in [5.74, 6) is -0.302. The van der Waals surface area contributed by atoms with Crippen LogP contribution in [0.2, 0.25) is 0 Å². The lowest BCUT2D eigenvalue weighted by Gasteiger charge is -2.25. The van der Waals surface area contributed by atoms with Gasteiger partial charge in [0.25, 0.3) is 0 Å². The Morgan fingerprint density at radius 1 is 1.47 bits per heavy atom. The topological polar surface area (TPSA) is 95.7 Å². The molecule has 0 aromatic rings. The standard InChI is InChI=1S/C9H19N3O3/c1-6(2)7(11-9(10)15)8(14)12(3)4-5-13/h6-7,13H,4-5H2,1-3H3,(H3,10,11,15). The normalized spacial score (nSPS) is 12.3. The van der Waals surface area contributed by atoms with Crippen LogP contribution in [0.25, 0.3) is 0 Å². The SMILES string of the molecule is CC(C)C(NC(N)=O)C(=O)N(C)CCO. The molecule has 4 N–H and O–H groups in total. The van der Waals surface area contributed by atoms with E-state index in [1.54, 1.807) is 7.05 Å². The second-order valence-electron chi connectivity index (χ2n) is 3.71. The minimum absolute atomic E-state index is 0.0499. The van der Waals surface area contributed by atoms with Gasteiger partial charge in [0.2, 0.25) is 5.91 Å². The third-order valence-corrected chi connectivity index (χ3v) is 2.04. The first kappa shape index (κ1) is 13.7. The van der Waals surface area contributed by atoms with Gasteiger partial charge in [0.1, 0.15) is 6.04 Å². The molecule has 0 saturated carbocycles. The molecular weight excluding hydrogens is 198 g/mol. The predicted octanol–water partition coefficient (Wildman–Crippen LogP) is -0.870. The predicted molar refractivity (Wildman–Crippen MR) is 56.1 cm³/mol. The van der Waals surface area contributed by atoms with Crippen LogP contribution in [0, 0.1) is 5.92 Å². The fourth-order valence-corrected chi connectivity index (χ4v) is 1.16. The summed E-state index contributed by atoms with van der Waals surface area (Å²) in [5, 5.41) is 11.1. The summed E-state index contributed by atoms with van der Waals surface area (Å²) in [6.45, 7) is 3.75. The van der Waals surface area contributed by atoms with Gasteiger partial charge in [-0.05, 0) is 5.92 Å². The third kappa shape index (κ3) is 4.64. The number of aliphatic hydroxyl groups excluding tert-OH is 1. The van der Waals surface area contributed by atoms with Gasteiger partial charge in [-0.2, -0.15) is 0 Å². The van der Waals surface area contributed by atoms with Crippen molar-refractivity contribution in [3.63, 3.8) is 0 Å². The number of carbonyl (C=O) groups excluding carboxylic acids is 2. The molecule has 0 aromatic heterocycles. The highest BCUT2D eigenvalue weighted by molar-refractivity contribution is 5.86. The molecule has 0 bridgehead atoms. The van der Waals surface area contributed by atoms with Crippen molar-refractivity contribution in [3.8, 4) is 0 Å². The molecule has 0 radical (unpaired) electrons. The lowest BCUT2D eigenvalue weighted by Crippen LogP contribution is -2.52. The van der Waals surface area contributed by atoms with Crippen LogP contribution in [0.4, 0.5) is 4.79 Å². The lowest BCUT2D eigenvalue weighted by molar-refractivity contribution is -0.133. The van der Waals surface area contributed by atoms with E-state index in [9.17, 15) is 9.59 Å². The van der Waals surface area contributed by atoms with Gasteiger partial charge in [0.15, 0.2) is 0 Å². The highest BCUT2D eigenvalue weighted by atomic mass is 16.3. The molecule has 0 saturated heterocycles. The molecule has 6 heteroatoms. The van der Waals surface area contributed by atoms with Gasteiger partial charge in [-0.3, -0.25) is 4.79 Å². The number of aliphatic hydroxyl groups is 1. The van der Waals surface area contributed by atoms with Crippen molar-refractivity contribution < 1.29 is 14.7 Å². The maximum absolute atomic E-state index is 11.8. The van der Waals surface area contributed by atoms with E-state index in [0.29, 0.717) is 0 Å². The Morgan fingerprint density at radius 3 is 2.33 bits per heavy atom. The molecule has 0 spiro atoms. The highest BCUT2D eigenvalue weighted by Gasteiger charge is 2.25. The average Bonchev–Trinajstić information content (AvgIpc) is 2.12. The van der Waals surface area contributed by atoms with Crippen LogP contribution < -0.4 is 11.1 Å². The molecule has 0 aliphatic heterocycles. The van der Waals surface area contributed by atoms with E-state index in [1.807, 2.05) is 13.8 Å². The molecule has 6 nitrogen and oxygen atoms in total. The fraction of sp³-hybridized carbons (Fsp3) is 0.778. The summed E-state index contributed by atoms with van der Waals surface area (Å²) in [7, 11) is 1.57.